The first-order chi connectivity index (χ1) is 10.5. The van der Waals surface area contributed by atoms with E-state index < -0.39 is 0 Å². The van der Waals surface area contributed by atoms with Crippen LogP contribution in [0.25, 0.3) is 0 Å². The van der Waals surface area contributed by atoms with Gasteiger partial charge in [-0.15, -0.1) is 0 Å². The van der Waals surface area contributed by atoms with Crippen molar-refractivity contribution in [2.24, 2.45) is 0 Å². The van der Waals surface area contributed by atoms with Crippen molar-refractivity contribution in [1.82, 2.24) is 19.9 Å². The molecule has 0 radical (unpaired) electrons. The van der Waals surface area contributed by atoms with Crippen molar-refractivity contribution in [3.05, 3.63) is 41.2 Å². The first-order valence-electron chi connectivity index (χ1n) is 7.90. The monoisotopic (exact) mass is 299 g/mol. The molecule has 3 heterocycles. The van der Waals surface area contributed by atoms with Crippen LogP contribution in [0.2, 0.25) is 0 Å². The highest BCUT2D eigenvalue weighted by molar-refractivity contribution is 5.47. The summed E-state index contributed by atoms with van der Waals surface area (Å²) in [7, 11) is 4.17. The number of anilines is 1. The zero-order valence-electron chi connectivity index (χ0n) is 13.9. The third-order valence-corrected chi connectivity index (χ3v) is 4.47. The molecule has 1 unspecified atom stereocenters. The van der Waals surface area contributed by atoms with E-state index in [1.54, 1.807) is 6.33 Å². The summed E-state index contributed by atoms with van der Waals surface area (Å²) >= 11 is 0. The van der Waals surface area contributed by atoms with Crippen LogP contribution in [0.15, 0.2) is 18.5 Å². The topological polar surface area (TPSA) is 48.0 Å². The van der Waals surface area contributed by atoms with E-state index in [2.05, 4.69) is 59.8 Å². The Kier molecular flexibility index (Phi) is 4.16. The Bertz CT molecular complexity index is 646. The molecule has 1 fully saturated rings. The molecule has 5 nitrogen and oxygen atoms in total. The number of hydrogen-bond acceptors (Lipinski definition) is 4. The molecule has 3 rings (SSSR count). The molecule has 22 heavy (non-hydrogen) atoms. The van der Waals surface area contributed by atoms with E-state index in [-0.39, 0.29) is 0 Å². The smallest absolute Gasteiger partial charge is 0.0925 e. The number of nitrogens with zero attached hydrogens (tertiary/aromatic N) is 4. The van der Waals surface area contributed by atoms with Gasteiger partial charge in [-0.1, -0.05) is 0 Å². The maximum Gasteiger partial charge on any atom is 0.0925 e. The largest absolute Gasteiger partial charge is 0.378 e. The average molecular weight is 299 g/mol. The normalized spacial score (nSPS) is 18.8. The van der Waals surface area contributed by atoms with Gasteiger partial charge in [-0.2, -0.15) is 0 Å². The molecule has 0 aliphatic carbocycles. The molecule has 1 aliphatic heterocycles. The summed E-state index contributed by atoms with van der Waals surface area (Å²) in [6.45, 7) is 7.27. The molecule has 5 heteroatoms. The number of aromatic amines is 1. The predicted octanol–water partition coefficient (Wildman–Crippen LogP) is 2.48. The van der Waals surface area contributed by atoms with Gasteiger partial charge < -0.3 is 9.88 Å². The first-order valence-corrected chi connectivity index (χ1v) is 7.90. The summed E-state index contributed by atoms with van der Waals surface area (Å²) in [4.78, 5) is 17.0. The van der Waals surface area contributed by atoms with Crippen LogP contribution in [0.3, 0.4) is 0 Å². The van der Waals surface area contributed by atoms with Crippen LogP contribution in [0.1, 0.15) is 35.1 Å². The molecule has 1 aliphatic rings. The summed E-state index contributed by atoms with van der Waals surface area (Å²) < 4.78 is 0. The van der Waals surface area contributed by atoms with Crippen molar-refractivity contribution >= 4 is 5.69 Å². The number of pyridine rings is 1. The van der Waals surface area contributed by atoms with Crippen LogP contribution in [-0.2, 0) is 6.54 Å². The molecule has 0 aromatic carbocycles. The van der Waals surface area contributed by atoms with Crippen LogP contribution in [0, 0.1) is 13.8 Å². The number of likely N-dealkylation sites (tertiary alicyclic amines) is 1. The molecule has 1 atom stereocenters. The maximum atomic E-state index is 4.77. The van der Waals surface area contributed by atoms with E-state index in [1.165, 1.54) is 23.5 Å². The number of imidazole rings is 1. The zero-order chi connectivity index (χ0) is 15.7. The molecule has 2 aromatic heterocycles. The minimum atomic E-state index is 0.526. The summed E-state index contributed by atoms with van der Waals surface area (Å²) in [5, 5.41) is 0. The second-order valence-corrected chi connectivity index (χ2v) is 6.48. The van der Waals surface area contributed by atoms with Crippen molar-refractivity contribution < 1.29 is 0 Å². The Morgan fingerprint density at radius 3 is 2.82 bits per heavy atom. The minimum Gasteiger partial charge on any atom is -0.378 e. The van der Waals surface area contributed by atoms with Gasteiger partial charge in [-0.3, -0.25) is 9.88 Å². The number of aromatic nitrogens is 3. The fraction of sp³-hybridized carbons (Fsp3) is 0.529. The molecular formula is C17H25N5. The average Bonchev–Trinajstić information content (AvgIpc) is 3.09. The Morgan fingerprint density at radius 1 is 1.32 bits per heavy atom. The van der Waals surface area contributed by atoms with E-state index in [0.29, 0.717) is 5.92 Å². The van der Waals surface area contributed by atoms with Gasteiger partial charge in [0.1, 0.15) is 0 Å². The van der Waals surface area contributed by atoms with Crippen LogP contribution in [0.5, 0.6) is 0 Å². The lowest BCUT2D eigenvalue weighted by Crippen LogP contribution is -2.21. The highest BCUT2D eigenvalue weighted by Gasteiger charge is 2.26. The van der Waals surface area contributed by atoms with Crippen LogP contribution in [0.4, 0.5) is 5.69 Å². The molecule has 1 N–H and O–H groups in total. The fourth-order valence-electron chi connectivity index (χ4n) is 3.12. The lowest BCUT2D eigenvalue weighted by Gasteiger charge is -2.18. The second-order valence-electron chi connectivity index (χ2n) is 6.48. The summed E-state index contributed by atoms with van der Waals surface area (Å²) in [5.74, 6) is 0.526. The van der Waals surface area contributed by atoms with Gasteiger partial charge in [0.05, 0.1) is 12.0 Å². The maximum absolute atomic E-state index is 4.77. The molecule has 0 saturated carbocycles. The van der Waals surface area contributed by atoms with Gasteiger partial charge in [0.15, 0.2) is 0 Å². The molecule has 0 bridgehead atoms. The van der Waals surface area contributed by atoms with E-state index in [9.17, 15) is 0 Å². The Hall–Kier alpha value is -1.88. The first kappa shape index (κ1) is 15.0. The molecule has 0 amide bonds. The van der Waals surface area contributed by atoms with Crippen molar-refractivity contribution in [3.63, 3.8) is 0 Å². The SMILES string of the molecule is Cc1cc(N(C)C)cc(C2CCN(Cc3nc[nH]c3C)C2)n1. The number of aryl methyl sites for hydroxylation is 2. The van der Waals surface area contributed by atoms with E-state index in [1.807, 2.05) is 0 Å². The third-order valence-electron chi connectivity index (χ3n) is 4.47. The summed E-state index contributed by atoms with van der Waals surface area (Å²) in [6, 6.07) is 4.38. The fourth-order valence-corrected chi connectivity index (χ4v) is 3.12. The Labute approximate surface area is 132 Å². The molecule has 1 saturated heterocycles. The minimum absolute atomic E-state index is 0.526. The molecule has 2 aromatic rings. The van der Waals surface area contributed by atoms with E-state index >= 15 is 0 Å². The highest BCUT2D eigenvalue weighted by atomic mass is 15.2. The van der Waals surface area contributed by atoms with E-state index in [4.69, 9.17) is 4.98 Å². The molecule has 0 spiro atoms. The zero-order valence-corrected chi connectivity index (χ0v) is 13.9. The number of H-pyrrole nitrogens is 1. The highest BCUT2D eigenvalue weighted by Crippen LogP contribution is 2.29. The summed E-state index contributed by atoms with van der Waals surface area (Å²) in [5.41, 5.74) is 5.90. The molecule has 118 valence electrons. The number of nitrogens with one attached hydrogen (secondary N) is 1. The van der Waals surface area contributed by atoms with Gasteiger partial charge in [0, 0.05) is 55.9 Å². The molecular weight excluding hydrogens is 274 g/mol. The number of hydrogen-bond donors (Lipinski definition) is 1. The quantitative estimate of drug-likeness (QED) is 0.942. The van der Waals surface area contributed by atoms with Crippen LogP contribution >= 0.6 is 0 Å². The van der Waals surface area contributed by atoms with Crippen LogP contribution in [-0.4, -0.2) is 47.0 Å². The van der Waals surface area contributed by atoms with Gasteiger partial charge in [-0.05, 0) is 38.9 Å². The van der Waals surface area contributed by atoms with Crippen molar-refractivity contribution in [3.8, 4) is 0 Å². The van der Waals surface area contributed by atoms with Crippen LogP contribution < -0.4 is 4.90 Å². The van der Waals surface area contributed by atoms with E-state index in [0.717, 1.165) is 31.0 Å². The predicted molar refractivity (Wildman–Crippen MR) is 89.3 cm³/mol. The Balaban J connectivity index is 1.71. The van der Waals surface area contributed by atoms with Crippen molar-refractivity contribution in [1.29, 1.82) is 0 Å². The Morgan fingerprint density at radius 2 is 2.14 bits per heavy atom. The van der Waals surface area contributed by atoms with Crippen molar-refractivity contribution in [2.75, 3.05) is 32.1 Å². The van der Waals surface area contributed by atoms with Crippen molar-refractivity contribution in [2.45, 2.75) is 32.7 Å². The standard InChI is InChI=1S/C17H25N5/c1-12-7-15(21(3)4)8-16(20-12)14-5-6-22(9-14)10-17-13(2)18-11-19-17/h7-8,11,14H,5-6,9-10H2,1-4H3,(H,18,19). The second kappa shape index (κ2) is 6.08. The lowest BCUT2D eigenvalue weighted by molar-refractivity contribution is 0.322. The third kappa shape index (κ3) is 3.14. The van der Waals surface area contributed by atoms with Gasteiger partial charge in [-0.25, -0.2) is 4.98 Å². The summed E-state index contributed by atoms with van der Waals surface area (Å²) in [6.07, 6.45) is 2.95. The number of rotatable bonds is 4. The lowest BCUT2D eigenvalue weighted by atomic mass is 10.0. The van der Waals surface area contributed by atoms with Gasteiger partial charge in [0.2, 0.25) is 0 Å². The van der Waals surface area contributed by atoms with Gasteiger partial charge >= 0.3 is 0 Å². The van der Waals surface area contributed by atoms with Gasteiger partial charge in [0.25, 0.3) is 0 Å².